The molecule has 0 fully saturated rings. The summed E-state index contributed by atoms with van der Waals surface area (Å²) in [6.45, 7) is 5.35. The van der Waals surface area contributed by atoms with Crippen LogP contribution in [0, 0.1) is 5.82 Å². The van der Waals surface area contributed by atoms with Gasteiger partial charge in [0, 0.05) is 17.7 Å². The number of nitrogens with one attached hydrogen (secondary N) is 3. The predicted molar refractivity (Wildman–Crippen MR) is 86.1 cm³/mol. The van der Waals surface area contributed by atoms with E-state index < -0.39 is 23.5 Å². The number of urea groups is 1. The number of hydrogen-bond acceptors (Lipinski definition) is 4. The first-order valence-electron chi connectivity index (χ1n) is 6.92. The van der Waals surface area contributed by atoms with E-state index in [0.717, 1.165) is 0 Å². The highest BCUT2D eigenvalue weighted by Gasteiger charge is 2.35. The van der Waals surface area contributed by atoms with Gasteiger partial charge in [0.05, 0.1) is 5.69 Å². The van der Waals surface area contributed by atoms with Crippen molar-refractivity contribution in [3.63, 3.8) is 0 Å². The molecule has 128 valence electrons. The van der Waals surface area contributed by atoms with E-state index >= 15 is 0 Å². The summed E-state index contributed by atoms with van der Waals surface area (Å²) in [6.07, 6.45) is 0. The lowest BCUT2D eigenvalue weighted by Gasteiger charge is -2.27. The molecule has 0 aliphatic rings. The van der Waals surface area contributed by atoms with Crippen LogP contribution in [-0.2, 0) is 14.3 Å². The van der Waals surface area contributed by atoms with Gasteiger partial charge in [0.15, 0.2) is 0 Å². The lowest BCUT2D eigenvalue weighted by Crippen LogP contribution is -2.55. The number of halogens is 2. The van der Waals surface area contributed by atoms with E-state index in [-0.39, 0.29) is 18.9 Å². The van der Waals surface area contributed by atoms with Gasteiger partial charge in [-0.1, -0.05) is 15.9 Å². The van der Waals surface area contributed by atoms with E-state index in [1.165, 1.54) is 19.1 Å². The fourth-order valence-corrected chi connectivity index (χ4v) is 2.03. The second-order valence-electron chi connectivity index (χ2n) is 4.47. The summed E-state index contributed by atoms with van der Waals surface area (Å²) in [6, 6.07) is 3.34. The van der Waals surface area contributed by atoms with E-state index in [2.05, 4.69) is 32.1 Å². The quantitative estimate of drug-likeness (QED) is 0.513. The number of anilines is 1. The van der Waals surface area contributed by atoms with Gasteiger partial charge in [-0.05, 0) is 39.0 Å². The monoisotopic (exact) mass is 391 g/mol. The fourth-order valence-electron chi connectivity index (χ4n) is 1.70. The van der Waals surface area contributed by atoms with Gasteiger partial charge in [0.2, 0.25) is 5.79 Å². The second kappa shape index (κ2) is 8.80. The Morgan fingerprint density at radius 2 is 1.83 bits per heavy atom. The van der Waals surface area contributed by atoms with Crippen LogP contribution < -0.4 is 16.2 Å². The van der Waals surface area contributed by atoms with Gasteiger partial charge in [-0.25, -0.2) is 14.6 Å². The van der Waals surface area contributed by atoms with Gasteiger partial charge < -0.3 is 14.8 Å². The third-order valence-corrected chi connectivity index (χ3v) is 3.21. The van der Waals surface area contributed by atoms with Gasteiger partial charge in [-0.2, -0.15) is 0 Å². The second-order valence-corrected chi connectivity index (χ2v) is 5.38. The number of ether oxygens (including phenoxy) is 2. The maximum absolute atomic E-state index is 13.6. The van der Waals surface area contributed by atoms with Crippen LogP contribution in [0.1, 0.15) is 20.8 Å². The molecule has 0 aliphatic carbocycles. The molecular formula is C14H19BrFN3O4. The molecule has 0 aromatic heterocycles. The van der Waals surface area contributed by atoms with Crippen molar-refractivity contribution in [3.8, 4) is 0 Å². The summed E-state index contributed by atoms with van der Waals surface area (Å²) in [5.41, 5.74) is 4.24. The molecule has 9 heteroatoms. The van der Waals surface area contributed by atoms with E-state index in [1.807, 2.05) is 0 Å². The Kier molecular flexibility index (Phi) is 7.40. The highest BCUT2D eigenvalue weighted by molar-refractivity contribution is 9.10. The zero-order valence-corrected chi connectivity index (χ0v) is 14.6. The average Bonchev–Trinajstić information content (AvgIpc) is 2.48. The molecule has 0 aliphatic heterocycles. The lowest BCUT2D eigenvalue weighted by molar-refractivity contribution is -0.219. The molecular weight excluding hydrogens is 373 g/mol. The molecule has 0 saturated carbocycles. The summed E-state index contributed by atoms with van der Waals surface area (Å²) in [7, 11) is 0. The van der Waals surface area contributed by atoms with Gasteiger partial charge in [-0.3, -0.25) is 10.2 Å². The summed E-state index contributed by atoms with van der Waals surface area (Å²) < 4.78 is 24.6. The van der Waals surface area contributed by atoms with Gasteiger partial charge in [0.25, 0.3) is 5.91 Å². The number of rotatable bonds is 6. The summed E-state index contributed by atoms with van der Waals surface area (Å²) >= 11 is 3.11. The topological polar surface area (TPSA) is 88.7 Å². The molecule has 0 saturated heterocycles. The van der Waals surface area contributed by atoms with Crippen molar-refractivity contribution in [2.45, 2.75) is 26.6 Å². The van der Waals surface area contributed by atoms with Crippen molar-refractivity contribution < 1.29 is 23.5 Å². The predicted octanol–water partition coefficient (Wildman–Crippen LogP) is 2.53. The van der Waals surface area contributed by atoms with Gasteiger partial charge in [0.1, 0.15) is 5.82 Å². The number of hydrogen-bond donors (Lipinski definition) is 3. The van der Waals surface area contributed by atoms with Gasteiger partial charge in [-0.15, -0.1) is 0 Å². The molecule has 1 rings (SSSR count). The minimum absolute atomic E-state index is 0.0303. The van der Waals surface area contributed by atoms with Crippen LogP contribution in [0.2, 0.25) is 0 Å². The van der Waals surface area contributed by atoms with Crippen LogP contribution in [0.15, 0.2) is 22.7 Å². The van der Waals surface area contributed by atoms with Crippen molar-refractivity contribution >= 4 is 33.6 Å². The molecule has 23 heavy (non-hydrogen) atoms. The Morgan fingerprint density at radius 1 is 1.22 bits per heavy atom. The SMILES string of the molecule is CCOC(C)(OCC)C(=O)NNC(=O)Nc1ccc(Br)cc1F. The van der Waals surface area contributed by atoms with Gasteiger partial charge >= 0.3 is 6.03 Å². The van der Waals surface area contributed by atoms with Crippen molar-refractivity contribution in [2.24, 2.45) is 0 Å². The highest BCUT2D eigenvalue weighted by Crippen LogP contribution is 2.19. The fraction of sp³-hybridized carbons (Fsp3) is 0.429. The Labute approximate surface area is 142 Å². The number of hydrazine groups is 1. The van der Waals surface area contributed by atoms with Crippen molar-refractivity contribution in [3.05, 3.63) is 28.5 Å². The smallest absolute Gasteiger partial charge is 0.338 e. The molecule has 0 heterocycles. The molecule has 0 unspecified atom stereocenters. The van der Waals surface area contributed by atoms with E-state index in [0.29, 0.717) is 4.47 Å². The highest BCUT2D eigenvalue weighted by atomic mass is 79.9. The van der Waals surface area contributed by atoms with Crippen LogP contribution in [0.25, 0.3) is 0 Å². The lowest BCUT2D eigenvalue weighted by atomic mass is 10.3. The normalized spacial score (nSPS) is 11.0. The first-order valence-corrected chi connectivity index (χ1v) is 7.72. The van der Waals surface area contributed by atoms with Crippen LogP contribution >= 0.6 is 15.9 Å². The molecule has 3 N–H and O–H groups in total. The first-order chi connectivity index (χ1) is 10.8. The van der Waals surface area contributed by atoms with Crippen molar-refractivity contribution in [1.82, 2.24) is 10.9 Å². The number of carbonyl (C=O) groups is 2. The zero-order valence-electron chi connectivity index (χ0n) is 13.0. The number of benzene rings is 1. The first kappa shape index (κ1) is 19.3. The molecule has 0 radical (unpaired) electrons. The Balaban J connectivity index is 2.59. The number of amides is 3. The third-order valence-electron chi connectivity index (χ3n) is 2.72. The molecule has 1 aromatic rings. The Morgan fingerprint density at radius 3 is 2.35 bits per heavy atom. The Bertz CT molecular complexity index is 565. The largest absolute Gasteiger partial charge is 0.343 e. The maximum Gasteiger partial charge on any atom is 0.338 e. The molecule has 0 bridgehead atoms. The molecule has 7 nitrogen and oxygen atoms in total. The number of carbonyl (C=O) groups excluding carboxylic acids is 2. The van der Waals surface area contributed by atoms with Crippen molar-refractivity contribution in [2.75, 3.05) is 18.5 Å². The summed E-state index contributed by atoms with van der Waals surface area (Å²) in [5.74, 6) is -2.83. The summed E-state index contributed by atoms with van der Waals surface area (Å²) in [4.78, 5) is 23.7. The molecule has 3 amide bonds. The van der Waals surface area contributed by atoms with E-state index in [9.17, 15) is 14.0 Å². The van der Waals surface area contributed by atoms with Crippen LogP contribution in [0.4, 0.5) is 14.9 Å². The van der Waals surface area contributed by atoms with Crippen LogP contribution in [-0.4, -0.2) is 30.9 Å². The summed E-state index contributed by atoms with van der Waals surface area (Å²) in [5, 5.41) is 2.27. The maximum atomic E-state index is 13.6. The standard InChI is InChI=1S/C14H19BrFN3O4/c1-4-22-14(3,23-5-2)12(20)18-19-13(21)17-11-7-6-9(15)8-10(11)16/h6-8H,4-5H2,1-3H3,(H,18,20)(H2,17,19,21). The van der Waals surface area contributed by atoms with E-state index in [1.54, 1.807) is 19.9 Å². The van der Waals surface area contributed by atoms with Crippen LogP contribution in [0.3, 0.4) is 0 Å². The third kappa shape index (κ3) is 5.77. The molecule has 0 spiro atoms. The van der Waals surface area contributed by atoms with E-state index in [4.69, 9.17) is 9.47 Å². The Hall–Kier alpha value is -1.71. The average molecular weight is 392 g/mol. The molecule has 0 atom stereocenters. The molecule has 1 aromatic carbocycles. The minimum atomic E-state index is -1.53. The van der Waals surface area contributed by atoms with Crippen LogP contribution in [0.5, 0.6) is 0 Å². The van der Waals surface area contributed by atoms with Crippen molar-refractivity contribution in [1.29, 1.82) is 0 Å². The zero-order chi connectivity index (χ0) is 17.5. The minimum Gasteiger partial charge on any atom is -0.343 e.